The van der Waals surface area contributed by atoms with E-state index in [1.54, 1.807) is 6.92 Å². The lowest BCUT2D eigenvalue weighted by Crippen LogP contribution is -2.61. The van der Waals surface area contributed by atoms with Crippen molar-refractivity contribution >= 4 is 11.9 Å². The Labute approximate surface area is 132 Å². The summed E-state index contributed by atoms with van der Waals surface area (Å²) in [5.74, 6) is -1.19. The number of aliphatic hydroxyl groups is 1. The molecule has 1 saturated heterocycles. The molecule has 0 saturated carbocycles. The van der Waals surface area contributed by atoms with Gasteiger partial charge in [0.15, 0.2) is 0 Å². The summed E-state index contributed by atoms with van der Waals surface area (Å²) in [4.78, 5) is 22.8. The zero-order chi connectivity index (χ0) is 16.9. The molecule has 4 N–H and O–H groups in total. The fourth-order valence-corrected chi connectivity index (χ4v) is 3.32. The molecule has 1 amide bonds. The Morgan fingerprint density at radius 2 is 2.14 bits per heavy atom. The number of carbonyl (C=O) groups is 2. The van der Waals surface area contributed by atoms with Crippen LogP contribution in [-0.4, -0.2) is 45.8 Å². The molecular formula is C16H28N2O4. The van der Waals surface area contributed by atoms with E-state index in [9.17, 15) is 19.8 Å². The molecule has 1 aliphatic heterocycles. The third kappa shape index (κ3) is 4.55. The Hall–Kier alpha value is -1.40. The minimum Gasteiger partial charge on any atom is -0.480 e. The van der Waals surface area contributed by atoms with Crippen LogP contribution in [0.3, 0.4) is 0 Å². The van der Waals surface area contributed by atoms with Crippen molar-refractivity contribution in [3.63, 3.8) is 0 Å². The largest absolute Gasteiger partial charge is 0.480 e. The van der Waals surface area contributed by atoms with Gasteiger partial charge in [-0.1, -0.05) is 25.5 Å². The van der Waals surface area contributed by atoms with E-state index in [0.29, 0.717) is 12.8 Å². The van der Waals surface area contributed by atoms with Crippen molar-refractivity contribution in [3.05, 3.63) is 12.2 Å². The van der Waals surface area contributed by atoms with Gasteiger partial charge in [-0.15, -0.1) is 0 Å². The van der Waals surface area contributed by atoms with Gasteiger partial charge in [-0.3, -0.25) is 14.9 Å². The number of amides is 1. The number of carbonyl (C=O) groups excluding carboxylic acids is 1. The fourth-order valence-electron chi connectivity index (χ4n) is 3.32. The van der Waals surface area contributed by atoms with Crippen molar-refractivity contribution in [3.8, 4) is 0 Å². The molecule has 1 rings (SSSR count). The second kappa shape index (κ2) is 7.74. The van der Waals surface area contributed by atoms with E-state index < -0.39 is 23.7 Å². The predicted octanol–water partition coefficient (Wildman–Crippen LogP) is 1.05. The van der Waals surface area contributed by atoms with Gasteiger partial charge < -0.3 is 15.5 Å². The van der Waals surface area contributed by atoms with Gasteiger partial charge in [0.25, 0.3) is 0 Å². The maximum atomic E-state index is 11.6. The highest BCUT2D eigenvalue weighted by Gasteiger charge is 2.46. The fraction of sp³-hybridized carbons (Fsp3) is 0.750. The number of hydrogen-bond donors (Lipinski definition) is 4. The first-order valence-electron chi connectivity index (χ1n) is 7.84. The van der Waals surface area contributed by atoms with Crippen molar-refractivity contribution in [2.75, 3.05) is 0 Å². The number of aliphatic carboxylic acids is 1. The summed E-state index contributed by atoms with van der Waals surface area (Å²) in [6, 6.07) is -1.53. The first-order valence-corrected chi connectivity index (χ1v) is 7.84. The monoisotopic (exact) mass is 312 g/mol. The van der Waals surface area contributed by atoms with E-state index in [2.05, 4.69) is 10.6 Å². The summed E-state index contributed by atoms with van der Waals surface area (Å²) < 4.78 is 0. The van der Waals surface area contributed by atoms with Gasteiger partial charge in [0.05, 0.1) is 11.6 Å². The first-order chi connectivity index (χ1) is 10.2. The standard InChI is InChI=1S/C16H28N2O4/c1-5-7-11-9-12(15(20)21)18-13(11)14(17-10(3)19)16(4,22)8-6-2/h5,7,11-14,18,22H,6,8-9H2,1-4H3,(H,17,19)(H,20,21)/b7-5+. The number of carboxylic acids is 1. The predicted molar refractivity (Wildman–Crippen MR) is 84.4 cm³/mol. The van der Waals surface area contributed by atoms with E-state index in [0.717, 1.165) is 6.42 Å². The molecule has 6 heteroatoms. The molecule has 0 aliphatic carbocycles. The van der Waals surface area contributed by atoms with Gasteiger partial charge >= 0.3 is 5.97 Å². The molecule has 1 fully saturated rings. The SMILES string of the molecule is C/C=C/C1CC(C(=O)O)NC1C(NC(C)=O)C(C)(O)CCC. The highest BCUT2D eigenvalue weighted by Crippen LogP contribution is 2.30. The number of nitrogens with one attached hydrogen (secondary N) is 2. The highest BCUT2D eigenvalue weighted by atomic mass is 16.4. The molecule has 0 aromatic carbocycles. The van der Waals surface area contributed by atoms with Crippen LogP contribution in [-0.2, 0) is 9.59 Å². The van der Waals surface area contributed by atoms with E-state index in [1.165, 1.54) is 6.92 Å². The second-order valence-corrected chi connectivity index (χ2v) is 6.29. The zero-order valence-corrected chi connectivity index (χ0v) is 13.8. The lowest BCUT2D eigenvalue weighted by atomic mass is 9.81. The molecule has 0 spiro atoms. The molecule has 0 aromatic rings. The maximum absolute atomic E-state index is 11.6. The molecule has 5 atom stereocenters. The van der Waals surface area contributed by atoms with Gasteiger partial charge in [0.1, 0.15) is 6.04 Å². The first kappa shape index (κ1) is 18.6. The number of allylic oxidation sites excluding steroid dienone is 1. The number of hydrogen-bond acceptors (Lipinski definition) is 4. The molecule has 5 unspecified atom stereocenters. The molecule has 0 radical (unpaired) electrons. The van der Waals surface area contributed by atoms with Gasteiger partial charge in [-0.2, -0.15) is 0 Å². The molecule has 1 heterocycles. The quantitative estimate of drug-likeness (QED) is 0.527. The van der Waals surface area contributed by atoms with E-state index in [1.807, 2.05) is 26.0 Å². The van der Waals surface area contributed by atoms with Crippen LogP contribution in [0.1, 0.15) is 47.0 Å². The van der Waals surface area contributed by atoms with E-state index >= 15 is 0 Å². The van der Waals surface area contributed by atoms with E-state index in [-0.39, 0.29) is 17.9 Å². The third-order valence-electron chi connectivity index (χ3n) is 4.24. The topological polar surface area (TPSA) is 98.7 Å². The van der Waals surface area contributed by atoms with Crippen LogP contribution in [0.15, 0.2) is 12.2 Å². The Kier molecular flexibility index (Phi) is 6.56. The molecule has 0 bridgehead atoms. The van der Waals surface area contributed by atoms with Crippen LogP contribution < -0.4 is 10.6 Å². The van der Waals surface area contributed by atoms with Gasteiger partial charge in [0.2, 0.25) is 5.91 Å². The summed E-state index contributed by atoms with van der Waals surface area (Å²) in [5, 5.41) is 25.9. The van der Waals surface area contributed by atoms with Crippen LogP contribution >= 0.6 is 0 Å². The Bertz CT molecular complexity index is 434. The lowest BCUT2D eigenvalue weighted by Gasteiger charge is -2.39. The normalized spacial score (nSPS) is 29.2. The third-order valence-corrected chi connectivity index (χ3v) is 4.24. The average molecular weight is 312 g/mol. The van der Waals surface area contributed by atoms with Crippen molar-refractivity contribution in [2.45, 2.75) is 70.7 Å². The minimum atomic E-state index is -1.11. The van der Waals surface area contributed by atoms with E-state index in [4.69, 9.17) is 0 Å². The van der Waals surface area contributed by atoms with Crippen molar-refractivity contribution in [2.24, 2.45) is 5.92 Å². The van der Waals surface area contributed by atoms with Crippen LogP contribution in [0.2, 0.25) is 0 Å². The molecule has 126 valence electrons. The number of rotatable bonds is 7. The Morgan fingerprint density at radius 3 is 2.59 bits per heavy atom. The Balaban J connectivity index is 3.09. The molecule has 6 nitrogen and oxygen atoms in total. The van der Waals surface area contributed by atoms with Gasteiger partial charge in [0, 0.05) is 13.0 Å². The van der Waals surface area contributed by atoms with Gasteiger partial charge in [-0.25, -0.2) is 0 Å². The molecule has 1 aliphatic rings. The molecule has 0 aromatic heterocycles. The van der Waals surface area contributed by atoms with Crippen molar-refractivity contribution in [1.82, 2.24) is 10.6 Å². The summed E-state index contributed by atoms with van der Waals surface area (Å²) in [7, 11) is 0. The highest BCUT2D eigenvalue weighted by molar-refractivity contribution is 5.75. The van der Waals surface area contributed by atoms with Crippen LogP contribution in [0.25, 0.3) is 0 Å². The smallest absolute Gasteiger partial charge is 0.320 e. The summed E-state index contributed by atoms with van der Waals surface area (Å²) >= 11 is 0. The van der Waals surface area contributed by atoms with Gasteiger partial charge in [-0.05, 0) is 32.6 Å². The Morgan fingerprint density at radius 1 is 1.50 bits per heavy atom. The second-order valence-electron chi connectivity index (χ2n) is 6.29. The van der Waals surface area contributed by atoms with Crippen molar-refractivity contribution < 1.29 is 19.8 Å². The summed E-state index contributed by atoms with van der Waals surface area (Å²) in [5.41, 5.74) is -1.11. The molecule has 22 heavy (non-hydrogen) atoms. The minimum absolute atomic E-state index is 0.0497. The maximum Gasteiger partial charge on any atom is 0.320 e. The summed E-state index contributed by atoms with van der Waals surface area (Å²) in [6.07, 6.45) is 5.56. The average Bonchev–Trinajstić information content (AvgIpc) is 2.80. The molecular weight excluding hydrogens is 284 g/mol. The van der Waals surface area contributed by atoms with Crippen molar-refractivity contribution in [1.29, 1.82) is 0 Å². The van der Waals surface area contributed by atoms with Crippen LogP contribution in [0, 0.1) is 5.92 Å². The zero-order valence-electron chi connectivity index (χ0n) is 13.8. The van der Waals surface area contributed by atoms with Crippen LogP contribution in [0.5, 0.6) is 0 Å². The summed E-state index contributed by atoms with van der Waals surface area (Å²) in [6.45, 7) is 6.94. The number of carboxylic acid groups (broad SMARTS) is 1. The van der Waals surface area contributed by atoms with Crippen LogP contribution in [0.4, 0.5) is 0 Å². The lowest BCUT2D eigenvalue weighted by molar-refractivity contribution is -0.139.